The minimum Gasteiger partial charge on any atom is -0.335 e. The molecule has 2 aromatic rings. The van der Waals surface area contributed by atoms with E-state index in [9.17, 15) is 27.7 Å². The summed E-state index contributed by atoms with van der Waals surface area (Å²) >= 11 is 0. The second-order valence-corrected chi connectivity index (χ2v) is 9.46. The zero-order valence-electron chi connectivity index (χ0n) is 17.3. The highest BCUT2D eigenvalue weighted by Crippen LogP contribution is 2.27. The van der Waals surface area contributed by atoms with Crippen molar-refractivity contribution in [2.24, 2.45) is 0 Å². The Bertz CT molecular complexity index is 1100. The summed E-state index contributed by atoms with van der Waals surface area (Å²) in [5.41, 5.74) is 0.479. The molecule has 1 atom stereocenters. The number of rotatable bonds is 6. The molecule has 1 saturated heterocycles. The molecule has 0 N–H and O–H groups in total. The third kappa shape index (κ3) is 4.75. The van der Waals surface area contributed by atoms with Crippen molar-refractivity contribution in [3.63, 3.8) is 0 Å². The first-order chi connectivity index (χ1) is 14.6. The Kier molecular flexibility index (Phi) is 6.71. The van der Waals surface area contributed by atoms with E-state index < -0.39 is 37.6 Å². The minimum absolute atomic E-state index is 0.0248. The predicted octanol–water partition coefficient (Wildman–Crippen LogP) is 3.74. The first-order valence-electron chi connectivity index (χ1n) is 9.94. The van der Waals surface area contributed by atoms with Crippen LogP contribution in [0.2, 0.25) is 0 Å². The third-order valence-corrected chi connectivity index (χ3v) is 7.49. The van der Waals surface area contributed by atoms with E-state index in [2.05, 4.69) is 0 Å². The van der Waals surface area contributed by atoms with E-state index in [-0.39, 0.29) is 11.3 Å². The first-order valence-corrected chi connectivity index (χ1v) is 11.4. The van der Waals surface area contributed by atoms with Gasteiger partial charge in [0.2, 0.25) is 10.0 Å². The molecule has 10 heteroatoms. The fraction of sp³-hybridized carbons (Fsp3) is 0.381. The molecular formula is C21H24FN3O5S. The van der Waals surface area contributed by atoms with E-state index in [0.717, 1.165) is 18.6 Å². The minimum atomic E-state index is -4.05. The molecule has 1 aliphatic rings. The van der Waals surface area contributed by atoms with Crippen LogP contribution in [0.3, 0.4) is 0 Å². The van der Waals surface area contributed by atoms with Crippen molar-refractivity contribution in [2.75, 3.05) is 20.1 Å². The summed E-state index contributed by atoms with van der Waals surface area (Å²) in [6, 6.07) is 8.69. The van der Waals surface area contributed by atoms with Crippen LogP contribution in [0.1, 0.15) is 48.1 Å². The summed E-state index contributed by atoms with van der Waals surface area (Å²) in [5, 5.41) is 11.0. The van der Waals surface area contributed by atoms with Crippen molar-refractivity contribution in [3.8, 4) is 0 Å². The Labute approximate surface area is 180 Å². The molecule has 1 unspecified atom stereocenters. The lowest BCUT2D eigenvalue weighted by Gasteiger charge is -2.27. The fourth-order valence-corrected chi connectivity index (χ4v) is 5.19. The molecule has 3 rings (SSSR count). The Morgan fingerprint density at radius 3 is 2.48 bits per heavy atom. The van der Waals surface area contributed by atoms with Crippen molar-refractivity contribution in [2.45, 2.75) is 37.1 Å². The Balaban J connectivity index is 1.89. The molecule has 0 spiro atoms. The van der Waals surface area contributed by atoms with Gasteiger partial charge in [-0.05, 0) is 43.5 Å². The van der Waals surface area contributed by atoms with Crippen LogP contribution in [-0.2, 0) is 10.0 Å². The van der Waals surface area contributed by atoms with E-state index in [1.54, 1.807) is 13.0 Å². The number of halogens is 1. The molecule has 0 aliphatic carbocycles. The molecule has 166 valence electrons. The number of nitro benzene ring substituents is 1. The lowest BCUT2D eigenvalue weighted by atomic mass is 10.1. The smallest absolute Gasteiger partial charge is 0.269 e. The Hall–Kier alpha value is -2.85. The van der Waals surface area contributed by atoms with Crippen molar-refractivity contribution < 1.29 is 22.5 Å². The molecular weight excluding hydrogens is 425 g/mol. The molecule has 0 radical (unpaired) electrons. The monoisotopic (exact) mass is 449 g/mol. The molecule has 0 saturated carbocycles. The zero-order valence-corrected chi connectivity index (χ0v) is 18.1. The van der Waals surface area contributed by atoms with Crippen LogP contribution in [0.25, 0.3) is 0 Å². The molecule has 0 bridgehead atoms. The first kappa shape index (κ1) is 22.8. The number of hydrogen-bond acceptors (Lipinski definition) is 5. The third-order valence-electron chi connectivity index (χ3n) is 5.58. The SMILES string of the molecule is CC(c1cccc([N+](=O)[O-])c1)N(C)C(=O)c1ccc(F)c(S(=O)(=O)N2CCCCC2)c1. The molecule has 8 nitrogen and oxygen atoms in total. The Morgan fingerprint density at radius 1 is 1.16 bits per heavy atom. The second kappa shape index (κ2) is 9.11. The summed E-state index contributed by atoms with van der Waals surface area (Å²) < 4.78 is 41.5. The summed E-state index contributed by atoms with van der Waals surface area (Å²) in [5.74, 6) is -1.43. The number of carbonyl (C=O) groups excluding carboxylic acids is 1. The fourth-order valence-electron chi connectivity index (χ4n) is 3.58. The van der Waals surface area contributed by atoms with Gasteiger partial charge in [-0.25, -0.2) is 12.8 Å². The standard InChI is InChI=1S/C21H24FN3O5S/c1-15(16-7-6-8-18(13-16)25(27)28)23(2)21(26)17-9-10-19(22)20(14-17)31(29,30)24-11-4-3-5-12-24/h6-10,13-15H,3-5,11-12H2,1-2H3. The highest BCUT2D eigenvalue weighted by molar-refractivity contribution is 7.89. The van der Waals surface area contributed by atoms with Crippen LogP contribution in [0.4, 0.5) is 10.1 Å². The number of piperidine rings is 1. The van der Waals surface area contributed by atoms with Gasteiger partial charge in [0.15, 0.2) is 0 Å². The number of carbonyl (C=O) groups is 1. The van der Waals surface area contributed by atoms with Crippen LogP contribution in [0, 0.1) is 15.9 Å². The van der Waals surface area contributed by atoms with Gasteiger partial charge in [-0.3, -0.25) is 14.9 Å². The highest BCUT2D eigenvalue weighted by atomic mass is 32.2. The van der Waals surface area contributed by atoms with Crippen molar-refractivity contribution in [1.29, 1.82) is 0 Å². The van der Waals surface area contributed by atoms with E-state index in [1.807, 2.05) is 0 Å². The Morgan fingerprint density at radius 2 is 1.84 bits per heavy atom. The number of non-ortho nitro benzene ring substituents is 1. The van der Waals surface area contributed by atoms with Crippen LogP contribution < -0.4 is 0 Å². The van der Waals surface area contributed by atoms with Gasteiger partial charge in [0.05, 0.1) is 11.0 Å². The molecule has 2 aromatic carbocycles. The van der Waals surface area contributed by atoms with E-state index in [0.29, 0.717) is 31.5 Å². The average Bonchev–Trinajstić information content (AvgIpc) is 2.78. The van der Waals surface area contributed by atoms with Crippen molar-refractivity contribution in [3.05, 3.63) is 69.5 Å². The molecule has 1 fully saturated rings. The molecule has 1 heterocycles. The normalized spacial score (nSPS) is 16.0. The number of hydrogen-bond donors (Lipinski definition) is 0. The number of nitro groups is 1. The molecule has 0 aromatic heterocycles. The van der Waals surface area contributed by atoms with Gasteiger partial charge >= 0.3 is 0 Å². The maximum absolute atomic E-state index is 14.4. The maximum Gasteiger partial charge on any atom is 0.269 e. The van der Waals surface area contributed by atoms with Gasteiger partial charge in [0.1, 0.15) is 10.7 Å². The number of sulfonamides is 1. The molecule has 1 aliphatic heterocycles. The molecule has 1 amide bonds. The average molecular weight is 450 g/mol. The van der Waals surface area contributed by atoms with E-state index in [1.165, 1.54) is 40.5 Å². The summed E-state index contributed by atoms with van der Waals surface area (Å²) in [4.78, 5) is 24.3. The van der Waals surface area contributed by atoms with E-state index in [4.69, 9.17) is 0 Å². The number of amides is 1. The van der Waals surface area contributed by atoms with Gasteiger partial charge in [0.25, 0.3) is 11.6 Å². The quantitative estimate of drug-likeness (QED) is 0.494. The topological polar surface area (TPSA) is 101 Å². The zero-order chi connectivity index (χ0) is 22.8. The predicted molar refractivity (Wildman–Crippen MR) is 113 cm³/mol. The largest absolute Gasteiger partial charge is 0.335 e. The highest BCUT2D eigenvalue weighted by Gasteiger charge is 2.30. The van der Waals surface area contributed by atoms with Gasteiger partial charge in [-0.15, -0.1) is 0 Å². The molecule has 31 heavy (non-hydrogen) atoms. The number of nitrogens with zero attached hydrogens (tertiary/aromatic N) is 3. The summed E-state index contributed by atoms with van der Waals surface area (Å²) in [7, 11) is -2.54. The van der Waals surface area contributed by atoms with Crippen LogP contribution >= 0.6 is 0 Å². The van der Waals surface area contributed by atoms with Crippen LogP contribution in [0.15, 0.2) is 47.4 Å². The van der Waals surface area contributed by atoms with Gasteiger partial charge in [-0.2, -0.15) is 4.31 Å². The van der Waals surface area contributed by atoms with Crippen LogP contribution in [0.5, 0.6) is 0 Å². The van der Waals surface area contributed by atoms with Gasteiger partial charge < -0.3 is 4.90 Å². The lowest BCUT2D eigenvalue weighted by Crippen LogP contribution is -2.36. The van der Waals surface area contributed by atoms with Gasteiger partial charge in [-0.1, -0.05) is 18.6 Å². The number of benzene rings is 2. The lowest BCUT2D eigenvalue weighted by molar-refractivity contribution is -0.384. The maximum atomic E-state index is 14.4. The van der Waals surface area contributed by atoms with Crippen molar-refractivity contribution >= 4 is 21.6 Å². The summed E-state index contributed by atoms with van der Waals surface area (Å²) in [6.07, 6.45) is 2.35. The summed E-state index contributed by atoms with van der Waals surface area (Å²) in [6.45, 7) is 2.35. The second-order valence-electron chi connectivity index (χ2n) is 7.55. The van der Waals surface area contributed by atoms with Crippen LogP contribution in [-0.4, -0.2) is 48.6 Å². The van der Waals surface area contributed by atoms with Gasteiger partial charge in [0, 0.05) is 37.8 Å². The van der Waals surface area contributed by atoms with Crippen molar-refractivity contribution in [1.82, 2.24) is 9.21 Å². The van der Waals surface area contributed by atoms with E-state index >= 15 is 0 Å².